The lowest BCUT2D eigenvalue weighted by atomic mass is 10.1. The first-order valence-electron chi connectivity index (χ1n) is 7.53. The molecule has 0 radical (unpaired) electrons. The van der Waals surface area contributed by atoms with E-state index in [0.29, 0.717) is 0 Å². The van der Waals surface area contributed by atoms with E-state index in [1.807, 2.05) is 0 Å². The van der Waals surface area contributed by atoms with Crippen LogP contribution in [0.3, 0.4) is 0 Å². The van der Waals surface area contributed by atoms with Crippen molar-refractivity contribution in [1.82, 2.24) is 14.8 Å². The van der Waals surface area contributed by atoms with Crippen LogP contribution in [0.1, 0.15) is 10.4 Å². The van der Waals surface area contributed by atoms with Crippen molar-refractivity contribution in [2.24, 2.45) is 0 Å². The zero-order valence-corrected chi connectivity index (χ0v) is 13.8. The number of halogens is 3. The van der Waals surface area contributed by atoms with Gasteiger partial charge in [0.2, 0.25) is 0 Å². The summed E-state index contributed by atoms with van der Waals surface area (Å²) in [5.74, 6) is -1.13. The van der Waals surface area contributed by atoms with Gasteiger partial charge in [-0.05, 0) is 36.4 Å². The number of anilines is 1. The maximum atomic E-state index is 12.3. The molecule has 0 fully saturated rings. The molecule has 0 atom stereocenters. The van der Waals surface area contributed by atoms with Crippen molar-refractivity contribution in [1.29, 1.82) is 0 Å². The number of aromatic nitrogens is 3. The van der Waals surface area contributed by atoms with Gasteiger partial charge < -0.3 is 10.1 Å². The number of ether oxygens (including phenoxy) is 1. The molecule has 0 aliphatic heterocycles. The quantitative estimate of drug-likeness (QED) is 0.526. The minimum absolute atomic E-state index is 0.0221. The van der Waals surface area contributed by atoms with Gasteiger partial charge in [0.25, 0.3) is 11.6 Å². The summed E-state index contributed by atoms with van der Waals surface area (Å²) in [5, 5.41) is 17.6. The van der Waals surface area contributed by atoms with E-state index in [4.69, 9.17) is 0 Å². The lowest BCUT2D eigenvalue weighted by molar-refractivity contribution is -0.384. The van der Waals surface area contributed by atoms with Crippen LogP contribution in [0.4, 0.5) is 24.5 Å². The van der Waals surface area contributed by atoms with Gasteiger partial charge in [-0.1, -0.05) is 0 Å². The Morgan fingerprint density at radius 1 is 1.18 bits per heavy atom. The lowest BCUT2D eigenvalue weighted by Gasteiger charge is -2.10. The zero-order valence-electron chi connectivity index (χ0n) is 13.8. The topological polar surface area (TPSA) is 112 Å². The normalized spacial score (nSPS) is 11.1. The number of nitro benzene ring substituents is 1. The largest absolute Gasteiger partial charge is 0.573 e. The molecule has 0 aliphatic rings. The molecule has 12 heteroatoms. The fourth-order valence-corrected chi connectivity index (χ4v) is 2.28. The first-order chi connectivity index (χ1) is 13.2. The number of amides is 1. The highest BCUT2D eigenvalue weighted by Gasteiger charge is 2.31. The van der Waals surface area contributed by atoms with Crippen molar-refractivity contribution in [3.63, 3.8) is 0 Å². The van der Waals surface area contributed by atoms with Crippen molar-refractivity contribution in [2.45, 2.75) is 6.36 Å². The molecule has 0 saturated heterocycles. The van der Waals surface area contributed by atoms with Crippen LogP contribution in [0, 0.1) is 10.1 Å². The van der Waals surface area contributed by atoms with E-state index in [9.17, 15) is 28.1 Å². The number of hydrogen-bond acceptors (Lipinski definition) is 6. The summed E-state index contributed by atoms with van der Waals surface area (Å²) in [6, 6.07) is 8.21. The van der Waals surface area contributed by atoms with Gasteiger partial charge in [0.15, 0.2) is 0 Å². The van der Waals surface area contributed by atoms with Crippen molar-refractivity contribution in [3.05, 3.63) is 70.8 Å². The average molecular weight is 393 g/mol. The van der Waals surface area contributed by atoms with Crippen molar-refractivity contribution >= 4 is 17.3 Å². The molecular weight excluding hydrogens is 383 g/mol. The van der Waals surface area contributed by atoms with E-state index < -0.39 is 22.9 Å². The Kier molecular flexibility index (Phi) is 4.94. The summed E-state index contributed by atoms with van der Waals surface area (Å²) in [5.41, 5.74) is -0.0894. The lowest BCUT2D eigenvalue weighted by Crippen LogP contribution is -2.17. The molecule has 3 rings (SSSR count). The minimum atomic E-state index is -4.82. The number of alkyl halides is 3. The number of hydrogen-bond donors (Lipinski definition) is 1. The third kappa shape index (κ3) is 4.41. The number of nitrogens with zero attached hydrogens (tertiary/aromatic N) is 4. The summed E-state index contributed by atoms with van der Waals surface area (Å²) < 4.78 is 41.4. The molecular formula is C16H10F3N5O4. The summed E-state index contributed by atoms with van der Waals surface area (Å²) in [4.78, 5) is 26.7. The van der Waals surface area contributed by atoms with Crippen LogP contribution in [0.5, 0.6) is 5.75 Å². The van der Waals surface area contributed by atoms with E-state index >= 15 is 0 Å². The van der Waals surface area contributed by atoms with Crippen LogP contribution in [0.2, 0.25) is 0 Å². The Hall–Kier alpha value is -3.96. The number of carbonyl (C=O) groups is 1. The van der Waals surface area contributed by atoms with E-state index in [0.717, 1.165) is 18.2 Å². The molecule has 144 valence electrons. The maximum absolute atomic E-state index is 12.3. The van der Waals surface area contributed by atoms with Gasteiger partial charge in [-0.2, -0.15) is 5.10 Å². The summed E-state index contributed by atoms with van der Waals surface area (Å²) in [6.07, 6.45) is -2.35. The predicted octanol–water partition coefficient (Wildman–Crippen LogP) is 3.33. The van der Waals surface area contributed by atoms with Gasteiger partial charge >= 0.3 is 6.36 Å². The van der Waals surface area contributed by atoms with E-state index in [1.54, 1.807) is 0 Å². The highest BCUT2D eigenvalue weighted by molar-refractivity contribution is 6.04. The minimum Gasteiger partial charge on any atom is -0.406 e. The van der Waals surface area contributed by atoms with Crippen LogP contribution >= 0.6 is 0 Å². The van der Waals surface area contributed by atoms with Crippen LogP contribution in [0.15, 0.2) is 55.1 Å². The Bertz CT molecular complexity index is 1000. The molecule has 0 bridgehead atoms. The fraction of sp³-hybridized carbons (Fsp3) is 0.0625. The van der Waals surface area contributed by atoms with Crippen LogP contribution < -0.4 is 10.1 Å². The molecule has 28 heavy (non-hydrogen) atoms. The molecule has 1 N–H and O–H groups in total. The monoisotopic (exact) mass is 393 g/mol. The second kappa shape index (κ2) is 7.34. The molecule has 0 unspecified atom stereocenters. The average Bonchev–Trinajstić information content (AvgIpc) is 3.16. The first-order valence-corrected chi connectivity index (χ1v) is 7.53. The predicted molar refractivity (Wildman–Crippen MR) is 89.1 cm³/mol. The third-order valence-electron chi connectivity index (χ3n) is 3.45. The standard InChI is InChI=1S/C16H10F3N5O4/c17-16(18,19)28-12-4-2-11(3-5-12)22-15(25)10-1-6-13(14(7-10)24(26)27)23-9-20-8-21-23/h1-9H,(H,22,25). The summed E-state index contributed by atoms with van der Waals surface area (Å²) in [7, 11) is 0. The van der Waals surface area contributed by atoms with Crippen molar-refractivity contribution < 1.29 is 27.6 Å². The van der Waals surface area contributed by atoms with Crippen LogP contribution in [-0.2, 0) is 0 Å². The second-order valence-corrected chi connectivity index (χ2v) is 5.33. The van der Waals surface area contributed by atoms with Gasteiger partial charge in [0.05, 0.1) is 4.92 Å². The highest BCUT2D eigenvalue weighted by Crippen LogP contribution is 2.26. The molecule has 0 saturated carbocycles. The Morgan fingerprint density at radius 2 is 1.89 bits per heavy atom. The second-order valence-electron chi connectivity index (χ2n) is 5.33. The molecule has 0 aliphatic carbocycles. The van der Waals surface area contributed by atoms with E-state index in [2.05, 4.69) is 20.1 Å². The summed E-state index contributed by atoms with van der Waals surface area (Å²) in [6.45, 7) is 0. The van der Waals surface area contributed by atoms with Gasteiger partial charge in [-0.25, -0.2) is 9.67 Å². The van der Waals surface area contributed by atoms with E-state index in [-0.39, 0.29) is 22.6 Å². The molecule has 3 aromatic rings. The Balaban J connectivity index is 1.79. The van der Waals surface area contributed by atoms with Crippen LogP contribution in [0.25, 0.3) is 5.69 Å². The number of nitro groups is 1. The molecule has 1 amide bonds. The highest BCUT2D eigenvalue weighted by atomic mass is 19.4. The molecule has 1 heterocycles. The molecule has 2 aromatic carbocycles. The number of rotatable bonds is 5. The first kappa shape index (κ1) is 18.8. The molecule has 0 spiro atoms. The van der Waals surface area contributed by atoms with Crippen molar-refractivity contribution in [2.75, 3.05) is 5.32 Å². The molecule has 9 nitrogen and oxygen atoms in total. The zero-order chi connectivity index (χ0) is 20.3. The third-order valence-corrected chi connectivity index (χ3v) is 3.45. The SMILES string of the molecule is O=C(Nc1ccc(OC(F)(F)F)cc1)c1ccc(-n2cncn2)c([N+](=O)[O-])c1. The van der Waals surface area contributed by atoms with Gasteiger partial charge in [0, 0.05) is 17.3 Å². The number of nitrogens with one attached hydrogen (secondary N) is 1. The Labute approximate surface area is 154 Å². The number of benzene rings is 2. The van der Waals surface area contributed by atoms with Gasteiger partial charge in [-0.3, -0.25) is 14.9 Å². The number of carbonyl (C=O) groups excluding carboxylic acids is 1. The fourth-order valence-electron chi connectivity index (χ4n) is 2.28. The smallest absolute Gasteiger partial charge is 0.406 e. The van der Waals surface area contributed by atoms with Gasteiger partial charge in [-0.15, -0.1) is 13.2 Å². The van der Waals surface area contributed by atoms with Gasteiger partial charge in [0.1, 0.15) is 24.1 Å². The van der Waals surface area contributed by atoms with E-state index in [1.165, 1.54) is 41.6 Å². The maximum Gasteiger partial charge on any atom is 0.573 e. The molecule has 1 aromatic heterocycles. The Morgan fingerprint density at radius 3 is 2.46 bits per heavy atom. The van der Waals surface area contributed by atoms with Crippen LogP contribution in [-0.4, -0.2) is 32.0 Å². The van der Waals surface area contributed by atoms with Crippen molar-refractivity contribution in [3.8, 4) is 11.4 Å². The summed E-state index contributed by atoms with van der Waals surface area (Å²) >= 11 is 0.